The summed E-state index contributed by atoms with van der Waals surface area (Å²) >= 11 is 1.41. The van der Waals surface area contributed by atoms with Crippen LogP contribution in [0.15, 0.2) is 54.1 Å². The van der Waals surface area contributed by atoms with Crippen LogP contribution in [0, 0.1) is 0 Å². The average molecular weight is 370 g/mol. The highest BCUT2D eigenvalue weighted by atomic mass is 32.1. The third-order valence-electron chi connectivity index (χ3n) is 3.90. The molecule has 2 aromatic rings. The Morgan fingerprint density at radius 2 is 1.92 bits per heavy atom. The standard InChI is InChI=1S/C19H18N2O4S/c1-4-9-21-18(22)16(15-6-5-10-26-15)17(19(21)23)20-12-7-8-13(24-2)14(11-12)25-3/h4-8,10-11,20H,1,9H2,2-3H3. The molecule has 2 heterocycles. The fraction of sp³-hybridized carbons (Fsp3) is 0.158. The number of hydrogen-bond acceptors (Lipinski definition) is 6. The molecule has 1 aliphatic heterocycles. The second-order valence-electron chi connectivity index (χ2n) is 5.43. The number of carbonyl (C=O) groups excluding carboxylic acids is 2. The van der Waals surface area contributed by atoms with Crippen molar-refractivity contribution in [3.8, 4) is 11.5 Å². The van der Waals surface area contributed by atoms with E-state index < -0.39 is 0 Å². The Kier molecular flexibility index (Phi) is 5.09. The summed E-state index contributed by atoms with van der Waals surface area (Å²) in [7, 11) is 3.09. The molecule has 2 amide bonds. The molecule has 1 aromatic carbocycles. The molecule has 1 N–H and O–H groups in total. The Bertz CT molecular complexity index is 887. The van der Waals surface area contributed by atoms with Gasteiger partial charge >= 0.3 is 0 Å². The molecule has 0 saturated carbocycles. The monoisotopic (exact) mass is 370 g/mol. The van der Waals surface area contributed by atoms with Gasteiger partial charge in [-0.3, -0.25) is 14.5 Å². The highest BCUT2D eigenvalue weighted by Crippen LogP contribution is 2.35. The number of ether oxygens (including phenoxy) is 2. The number of benzene rings is 1. The minimum absolute atomic E-state index is 0.156. The van der Waals surface area contributed by atoms with Gasteiger partial charge in [0.25, 0.3) is 11.8 Å². The lowest BCUT2D eigenvalue weighted by Crippen LogP contribution is -2.32. The first-order valence-corrected chi connectivity index (χ1v) is 8.73. The molecule has 3 rings (SSSR count). The van der Waals surface area contributed by atoms with Crippen molar-refractivity contribution in [3.05, 3.63) is 58.9 Å². The summed E-state index contributed by atoms with van der Waals surface area (Å²) in [6, 6.07) is 8.86. The van der Waals surface area contributed by atoms with Crippen molar-refractivity contribution in [2.45, 2.75) is 0 Å². The molecular weight excluding hydrogens is 352 g/mol. The zero-order valence-electron chi connectivity index (χ0n) is 14.4. The number of thiophene rings is 1. The zero-order valence-corrected chi connectivity index (χ0v) is 15.3. The Hall–Kier alpha value is -3.06. The molecule has 0 spiro atoms. The van der Waals surface area contributed by atoms with Gasteiger partial charge in [0, 0.05) is 23.2 Å². The quantitative estimate of drug-likeness (QED) is 0.599. The van der Waals surface area contributed by atoms with Crippen LogP contribution in [-0.4, -0.2) is 37.5 Å². The van der Waals surface area contributed by atoms with E-state index in [0.29, 0.717) is 22.8 Å². The van der Waals surface area contributed by atoms with E-state index in [-0.39, 0.29) is 24.1 Å². The van der Waals surface area contributed by atoms with Crippen LogP contribution < -0.4 is 14.8 Å². The average Bonchev–Trinajstić information content (AvgIpc) is 3.25. The molecule has 0 bridgehead atoms. The maximum Gasteiger partial charge on any atom is 0.278 e. The van der Waals surface area contributed by atoms with Crippen molar-refractivity contribution in [2.24, 2.45) is 0 Å². The summed E-state index contributed by atoms with van der Waals surface area (Å²) in [6.45, 7) is 3.78. The van der Waals surface area contributed by atoms with Crippen molar-refractivity contribution in [1.29, 1.82) is 0 Å². The first kappa shape index (κ1) is 17.8. The third kappa shape index (κ3) is 3.09. The van der Waals surface area contributed by atoms with Gasteiger partial charge in [-0.05, 0) is 23.6 Å². The number of rotatable bonds is 7. The number of carbonyl (C=O) groups is 2. The first-order chi connectivity index (χ1) is 12.6. The molecule has 0 unspecified atom stereocenters. The fourth-order valence-corrected chi connectivity index (χ4v) is 3.46. The van der Waals surface area contributed by atoms with Gasteiger partial charge in [0.1, 0.15) is 5.70 Å². The van der Waals surface area contributed by atoms with Crippen LogP contribution in [0.4, 0.5) is 5.69 Å². The molecule has 0 atom stereocenters. The minimum atomic E-state index is -0.381. The van der Waals surface area contributed by atoms with E-state index >= 15 is 0 Å². The lowest BCUT2D eigenvalue weighted by atomic mass is 10.2. The van der Waals surface area contributed by atoms with Gasteiger partial charge < -0.3 is 14.8 Å². The van der Waals surface area contributed by atoms with E-state index in [1.165, 1.54) is 29.4 Å². The smallest absolute Gasteiger partial charge is 0.278 e. The maximum absolute atomic E-state index is 12.8. The van der Waals surface area contributed by atoms with Crippen molar-refractivity contribution in [3.63, 3.8) is 0 Å². The molecule has 1 aliphatic rings. The van der Waals surface area contributed by atoms with Gasteiger partial charge in [0.15, 0.2) is 11.5 Å². The first-order valence-electron chi connectivity index (χ1n) is 7.85. The van der Waals surface area contributed by atoms with E-state index in [1.807, 2.05) is 17.5 Å². The fourth-order valence-electron chi connectivity index (χ4n) is 2.69. The molecule has 0 radical (unpaired) electrons. The van der Waals surface area contributed by atoms with Crippen LogP contribution >= 0.6 is 11.3 Å². The summed E-state index contributed by atoms with van der Waals surface area (Å²) in [5.74, 6) is 0.386. The van der Waals surface area contributed by atoms with Gasteiger partial charge in [-0.2, -0.15) is 0 Å². The maximum atomic E-state index is 12.8. The number of amides is 2. The van der Waals surface area contributed by atoms with Crippen molar-refractivity contribution in [1.82, 2.24) is 4.90 Å². The number of imide groups is 1. The van der Waals surface area contributed by atoms with Crippen molar-refractivity contribution < 1.29 is 19.1 Å². The third-order valence-corrected chi connectivity index (χ3v) is 4.79. The normalized spacial score (nSPS) is 14.0. The van der Waals surface area contributed by atoms with Crippen molar-refractivity contribution >= 4 is 34.4 Å². The zero-order chi connectivity index (χ0) is 18.7. The van der Waals surface area contributed by atoms with Gasteiger partial charge in [-0.15, -0.1) is 17.9 Å². The van der Waals surface area contributed by atoms with E-state index in [0.717, 1.165) is 4.88 Å². The lowest BCUT2D eigenvalue weighted by molar-refractivity contribution is -0.136. The van der Waals surface area contributed by atoms with Crippen LogP contribution in [-0.2, 0) is 9.59 Å². The van der Waals surface area contributed by atoms with Gasteiger partial charge in [0.05, 0.1) is 19.8 Å². The predicted molar refractivity (Wildman–Crippen MR) is 101 cm³/mol. The highest BCUT2D eigenvalue weighted by Gasteiger charge is 2.39. The number of hydrogen-bond donors (Lipinski definition) is 1. The molecule has 0 aliphatic carbocycles. The summed E-state index contributed by atoms with van der Waals surface area (Å²) in [5.41, 5.74) is 1.22. The molecule has 26 heavy (non-hydrogen) atoms. The van der Waals surface area contributed by atoms with Gasteiger partial charge in [0.2, 0.25) is 0 Å². The van der Waals surface area contributed by atoms with Gasteiger partial charge in [-0.25, -0.2) is 0 Å². The lowest BCUT2D eigenvalue weighted by Gasteiger charge is -2.13. The SMILES string of the molecule is C=CCN1C(=O)C(Nc2ccc(OC)c(OC)c2)=C(c2cccs2)C1=O. The van der Waals surface area contributed by atoms with Gasteiger partial charge in [-0.1, -0.05) is 12.1 Å². The number of anilines is 1. The topological polar surface area (TPSA) is 67.9 Å². The van der Waals surface area contributed by atoms with Crippen LogP contribution in [0.2, 0.25) is 0 Å². The number of nitrogens with zero attached hydrogens (tertiary/aromatic N) is 1. The van der Waals surface area contributed by atoms with Crippen LogP contribution in [0.1, 0.15) is 4.88 Å². The van der Waals surface area contributed by atoms with Crippen LogP contribution in [0.5, 0.6) is 11.5 Å². The van der Waals surface area contributed by atoms with Crippen LogP contribution in [0.3, 0.4) is 0 Å². The number of nitrogens with one attached hydrogen (secondary N) is 1. The molecule has 7 heteroatoms. The largest absolute Gasteiger partial charge is 0.493 e. The van der Waals surface area contributed by atoms with E-state index in [4.69, 9.17) is 9.47 Å². The number of methoxy groups -OCH3 is 2. The second-order valence-corrected chi connectivity index (χ2v) is 6.38. The summed E-state index contributed by atoms with van der Waals surface area (Å²) in [6.07, 6.45) is 1.53. The Morgan fingerprint density at radius 3 is 2.54 bits per heavy atom. The molecule has 0 fully saturated rings. The van der Waals surface area contributed by atoms with E-state index in [9.17, 15) is 9.59 Å². The molecule has 1 aromatic heterocycles. The predicted octanol–water partition coefficient (Wildman–Crippen LogP) is 3.14. The molecule has 0 saturated heterocycles. The highest BCUT2D eigenvalue weighted by molar-refractivity contribution is 7.11. The van der Waals surface area contributed by atoms with E-state index in [2.05, 4.69) is 11.9 Å². The Morgan fingerprint density at radius 1 is 1.15 bits per heavy atom. The minimum Gasteiger partial charge on any atom is -0.493 e. The molecular formula is C19H18N2O4S. The second kappa shape index (κ2) is 7.45. The summed E-state index contributed by atoms with van der Waals surface area (Å²) < 4.78 is 10.5. The Labute approximate surface area is 155 Å². The molecule has 6 nitrogen and oxygen atoms in total. The van der Waals surface area contributed by atoms with Crippen LogP contribution in [0.25, 0.3) is 5.57 Å². The van der Waals surface area contributed by atoms with E-state index in [1.54, 1.807) is 25.3 Å². The molecule has 134 valence electrons. The summed E-state index contributed by atoms with van der Waals surface area (Å²) in [4.78, 5) is 27.4. The summed E-state index contributed by atoms with van der Waals surface area (Å²) in [5, 5.41) is 4.94. The van der Waals surface area contributed by atoms with Crippen molar-refractivity contribution in [2.75, 3.05) is 26.1 Å². The Balaban J connectivity index is 2.03.